The molecule has 0 radical (unpaired) electrons. The molecular weight excluding hydrogens is 174 g/mol. The fourth-order valence-corrected chi connectivity index (χ4v) is 1.68. The summed E-state index contributed by atoms with van der Waals surface area (Å²) in [7, 11) is 0. The molecule has 1 aromatic heterocycles. The number of aromatic amines is 1. The molecule has 2 heteroatoms. The highest BCUT2D eigenvalue weighted by Crippen LogP contribution is 2.22. The highest BCUT2D eigenvalue weighted by atomic mass is 16.1. The molecule has 1 heterocycles. The monoisotopic (exact) mass is 187 g/mol. The highest BCUT2D eigenvalue weighted by molar-refractivity contribution is 6.06. The molecule has 0 spiro atoms. The summed E-state index contributed by atoms with van der Waals surface area (Å²) in [5.41, 5.74) is 4.29. The fraction of sp³-hybridized carbons (Fsp3) is 0.250. The van der Waals surface area contributed by atoms with Gasteiger partial charge in [0.15, 0.2) is 5.78 Å². The van der Waals surface area contributed by atoms with Crippen molar-refractivity contribution in [1.29, 1.82) is 0 Å². The second kappa shape index (κ2) is 2.98. The van der Waals surface area contributed by atoms with E-state index in [0.717, 1.165) is 16.5 Å². The third-order valence-electron chi connectivity index (χ3n) is 2.68. The van der Waals surface area contributed by atoms with E-state index in [1.165, 1.54) is 11.1 Å². The molecule has 0 amide bonds. The van der Waals surface area contributed by atoms with E-state index in [9.17, 15) is 4.79 Å². The quantitative estimate of drug-likeness (QED) is 0.684. The van der Waals surface area contributed by atoms with E-state index in [1.807, 2.05) is 0 Å². The Bertz CT molecular complexity index is 508. The van der Waals surface area contributed by atoms with Crippen molar-refractivity contribution in [3.8, 4) is 0 Å². The van der Waals surface area contributed by atoms with Gasteiger partial charge >= 0.3 is 0 Å². The maximum atomic E-state index is 11.3. The number of fused-ring (bicyclic) bond motifs is 1. The van der Waals surface area contributed by atoms with E-state index in [-0.39, 0.29) is 5.78 Å². The van der Waals surface area contributed by atoms with Crippen LogP contribution in [0.1, 0.15) is 28.4 Å². The Hall–Kier alpha value is -1.57. The van der Waals surface area contributed by atoms with Gasteiger partial charge in [-0.05, 0) is 44.0 Å². The Morgan fingerprint density at radius 2 is 1.86 bits per heavy atom. The van der Waals surface area contributed by atoms with E-state index < -0.39 is 0 Å². The number of carbonyl (C=O) groups is 1. The number of hydrogen-bond donors (Lipinski definition) is 1. The van der Waals surface area contributed by atoms with Crippen LogP contribution in [0, 0.1) is 13.8 Å². The molecule has 2 nitrogen and oxygen atoms in total. The summed E-state index contributed by atoms with van der Waals surface area (Å²) in [5.74, 6) is 0.111. The lowest BCUT2D eigenvalue weighted by Gasteiger charge is -2.00. The van der Waals surface area contributed by atoms with Crippen LogP contribution in [-0.2, 0) is 0 Å². The van der Waals surface area contributed by atoms with Crippen LogP contribution < -0.4 is 0 Å². The first-order chi connectivity index (χ1) is 6.59. The molecule has 2 rings (SSSR count). The number of aryl methyl sites for hydroxylation is 2. The normalized spacial score (nSPS) is 10.8. The number of H-pyrrole nitrogens is 1. The lowest BCUT2D eigenvalue weighted by Crippen LogP contribution is -1.89. The van der Waals surface area contributed by atoms with Gasteiger partial charge in [-0.25, -0.2) is 0 Å². The zero-order valence-corrected chi connectivity index (χ0v) is 8.64. The largest absolute Gasteiger partial charge is 0.360 e. The second-order valence-corrected chi connectivity index (χ2v) is 3.74. The fourth-order valence-electron chi connectivity index (χ4n) is 1.68. The van der Waals surface area contributed by atoms with Crippen LogP contribution in [0.5, 0.6) is 0 Å². The molecule has 0 aliphatic carbocycles. The van der Waals surface area contributed by atoms with Gasteiger partial charge in [0.05, 0.1) is 0 Å². The highest BCUT2D eigenvalue weighted by Gasteiger charge is 2.08. The Morgan fingerprint density at radius 1 is 1.21 bits per heavy atom. The van der Waals surface area contributed by atoms with Crippen LogP contribution in [0.25, 0.3) is 10.9 Å². The predicted octanol–water partition coefficient (Wildman–Crippen LogP) is 2.99. The van der Waals surface area contributed by atoms with Crippen molar-refractivity contribution >= 4 is 16.7 Å². The zero-order chi connectivity index (χ0) is 10.3. The summed E-state index contributed by atoms with van der Waals surface area (Å²) in [6.45, 7) is 5.73. The average Bonchev–Trinajstić information content (AvgIpc) is 2.48. The van der Waals surface area contributed by atoms with E-state index in [2.05, 4.69) is 31.0 Å². The van der Waals surface area contributed by atoms with Gasteiger partial charge in [0, 0.05) is 22.7 Å². The van der Waals surface area contributed by atoms with Crippen molar-refractivity contribution < 1.29 is 4.79 Å². The van der Waals surface area contributed by atoms with Gasteiger partial charge in [-0.15, -0.1) is 0 Å². The van der Waals surface area contributed by atoms with Crippen LogP contribution in [0.3, 0.4) is 0 Å². The molecule has 14 heavy (non-hydrogen) atoms. The molecule has 0 bridgehead atoms. The van der Waals surface area contributed by atoms with E-state index >= 15 is 0 Å². The molecule has 0 aliphatic heterocycles. The number of aromatic nitrogens is 1. The van der Waals surface area contributed by atoms with Gasteiger partial charge < -0.3 is 4.98 Å². The molecule has 1 aromatic carbocycles. The summed E-state index contributed by atoms with van der Waals surface area (Å²) < 4.78 is 0. The number of carbonyl (C=O) groups excluding carboxylic acids is 1. The van der Waals surface area contributed by atoms with Crippen LogP contribution in [-0.4, -0.2) is 10.8 Å². The lowest BCUT2D eigenvalue weighted by atomic mass is 10.0. The Kier molecular flexibility index (Phi) is 1.92. The smallest absolute Gasteiger partial charge is 0.161 e. The van der Waals surface area contributed by atoms with Gasteiger partial charge in [-0.2, -0.15) is 0 Å². The molecule has 0 aliphatic rings. The number of hydrogen-bond acceptors (Lipinski definition) is 1. The van der Waals surface area contributed by atoms with Crippen molar-refractivity contribution in [2.24, 2.45) is 0 Å². The van der Waals surface area contributed by atoms with Crippen molar-refractivity contribution in [3.63, 3.8) is 0 Å². The van der Waals surface area contributed by atoms with Crippen LogP contribution in [0.2, 0.25) is 0 Å². The molecule has 2 aromatic rings. The van der Waals surface area contributed by atoms with Gasteiger partial charge in [0.1, 0.15) is 0 Å². The van der Waals surface area contributed by atoms with Gasteiger partial charge in [-0.1, -0.05) is 0 Å². The summed E-state index contributed by atoms with van der Waals surface area (Å²) in [4.78, 5) is 14.4. The van der Waals surface area contributed by atoms with Crippen molar-refractivity contribution in [2.75, 3.05) is 0 Å². The molecule has 0 unspecified atom stereocenters. The topological polar surface area (TPSA) is 32.9 Å². The SMILES string of the molecule is CC(=O)c1c[nH]c2cc(C)c(C)cc12. The second-order valence-electron chi connectivity index (χ2n) is 3.74. The van der Waals surface area contributed by atoms with Crippen LogP contribution >= 0.6 is 0 Å². The first-order valence-corrected chi connectivity index (χ1v) is 4.69. The minimum absolute atomic E-state index is 0.111. The summed E-state index contributed by atoms with van der Waals surface area (Å²) in [5, 5.41) is 1.03. The zero-order valence-electron chi connectivity index (χ0n) is 8.64. The third kappa shape index (κ3) is 1.23. The summed E-state index contributed by atoms with van der Waals surface area (Å²) >= 11 is 0. The Balaban J connectivity index is 2.80. The number of rotatable bonds is 1. The molecule has 0 atom stereocenters. The van der Waals surface area contributed by atoms with Crippen LogP contribution in [0.4, 0.5) is 0 Å². The number of nitrogens with one attached hydrogen (secondary N) is 1. The number of benzene rings is 1. The van der Waals surface area contributed by atoms with Crippen molar-refractivity contribution in [2.45, 2.75) is 20.8 Å². The Labute approximate surface area is 82.9 Å². The molecule has 0 saturated heterocycles. The van der Waals surface area contributed by atoms with Crippen molar-refractivity contribution in [3.05, 3.63) is 35.0 Å². The predicted molar refractivity (Wildman–Crippen MR) is 57.8 cm³/mol. The van der Waals surface area contributed by atoms with E-state index in [1.54, 1.807) is 13.1 Å². The molecule has 72 valence electrons. The number of Topliss-reactive ketones (excluding diaryl/α,β-unsaturated/α-hetero) is 1. The molecular formula is C12H13NO. The Morgan fingerprint density at radius 3 is 2.50 bits per heavy atom. The maximum Gasteiger partial charge on any atom is 0.161 e. The molecule has 0 saturated carbocycles. The molecule has 1 N–H and O–H groups in total. The summed E-state index contributed by atoms with van der Waals surface area (Å²) in [6, 6.07) is 4.15. The third-order valence-corrected chi connectivity index (χ3v) is 2.68. The minimum atomic E-state index is 0.111. The van der Waals surface area contributed by atoms with Gasteiger partial charge in [0.2, 0.25) is 0 Å². The first kappa shape index (κ1) is 9.00. The lowest BCUT2D eigenvalue weighted by molar-refractivity contribution is 0.101. The van der Waals surface area contributed by atoms with Gasteiger partial charge in [0.25, 0.3) is 0 Å². The molecule has 0 fully saturated rings. The maximum absolute atomic E-state index is 11.3. The van der Waals surface area contributed by atoms with E-state index in [0.29, 0.717) is 0 Å². The van der Waals surface area contributed by atoms with E-state index in [4.69, 9.17) is 0 Å². The van der Waals surface area contributed by atoms with Crippen molar-refractivity contribution in [1.82, 2.24) is 4.98 Å². The number of ketones is 1. The average molecular weight is 187 g/mol. The minimum Gasteiger partial charge on any atom is -0.360 e. The first-order valence-electron chi connectivity index (χ1n) is 4.69. The standard InChI is InChI=1S/C12H13NO/c1-7-4-10-11(9(3)14)6-13-12(10)5-8(7)2/h4-6,13H,1-3H3. The van der Waals surface area contributed by atoms with Gasteiger partial charge in [-0.3, -0.25) is 4.79 Å². The summed E-state index contributed by atoms with van der Waals surface area (Å²) in [6.07, 6.45) is 1.78. The van der Waals surface area contributed by atoms with Crippen LogP contribution in [0.15, 0.2) is 18.3 Å².